The molecular formula is C20H19NO3S. The Morgan fingerprint density at radius 2 is 1.84 bits per heavy atom. The summed E-state index contributed by atoms with van der Waals surface area (Å²) in [6.45, 7) is 0. The lowest BCUT2D eigenvalue weighted by molar-refractivity contribution is 0.0466. The summed E-state index contributed by atoms with van der Waals surface area (Å²) in [4.78, 5) is 14.5. The summed E-state index contributed by atoms with van der Waals surface area (Å²) in [5, 5.41) is 10.0. The molecule has 128 valence electrons. The molecule has 0 amide bonds. The summed E-state index contributed by atoms with van der Waals surface area (Å²) in [6, 6.07) is 18.3. The van der Waals surface area contributed by atoms with Crippen molar-refractivity contribution in [2.75, 3.05) is 0 Å². The van der Waals surface area contributed by atoms with Crippen molar-refractivity contribution >= 4 is 11.3 Å². The predicted octanol–water partition coefficient (Wildman–Crippen LogP) is 3.69. The molecule has 0 radical (unpaired) electrons. The van der Waals surface area contributed by atoms with Crippen molar-refractivity contribution in [2.24, 2.45) is 0 Å². The monoisotopic (exact) mass is 353 g/mol. The van der Waals surface area contributed by atoms with Gasteiger partial charge in [-0.1, -0.05) is 59.9 Å². The largest absolute Gasteiger partial charge is 0.494 e. The fourth-order valence-electron chi connectivity index (χ4n) is 3.50. The normalized spacial score (nSPS) is 19.2. The number of para-hydroxylation sites is 1. The van der Waals surface area contributed by atoms with E-state index in [0.29, 0.717) is 11.3 Å². The Hall–Kier alpha value is -2.53. The standard InChI is InChI=1S/C20H19NO3S/c22-18-17(25-19(23)21-18)13-20(12-14-6-2-1-3-7-14)11-10-15-8-4-5-9-16(15)24-20/h1-9,22H,10-13H2,(H,21,23). The van der Waals surface area contributed by atoms with Gasteiger partial charge >= 0.3 is 4.87 Å². The molecule has 4 nitrogen and oxygen atoms in total. The van der Waals surface area contributed by atoms with Crippen LogP contribution in [-0.2, 0) is 19.3 Å². The second-order valence-corrected chi connectivity index (χ2v) is 7.59. The minimum Gasteiger partial charge on any atom is -0.494 e. The topological polar surface area (TPSA) is 62.3 Å². The van der Waals surface area contributed by atoms with Crippen molar-refractivity contribution in [1.82, 2.24) is 4.98 Å². The Balaban J connectivity index is 1.71. The number of benzene rings is 2. The van der Waals surface area contributed by atoms with Gasteiger partial charge in [0.25, 0.3) is 0 Å². The number of aromatic nitrogens is 1. The minimum atomic E-state index is -0.474. The summed E-state index contributed by atoms with van der Waals surface area (Å²) in [7, 11) is 0. The third kappa shape index (κ3) is 3.33. The van der Waals surface area contributed by atoms with Crippen molar-refractivity contribution < 1.29 is 9.84 Å². The molecule has 3 aromatic rings. The second-order valence-electron chi connectivity index (χ2n) is 6.52. The Kier molecular flexibility index (Phi) is 4.09. The number of thiazole rings is 1. The van der Waals surface area contributed by atoms with E-state index in [1.807, 2.05) is 36.4 Å². The molecule has 2 N–H and O–H groups in total. The van der Waals surface area contributed by atoms with Crippen molar-refractivity contribution in [1.29, 1.82) is 0 Å². The number of fused-ring (bicyclic) bond motifs is 1. The summed E-state index contributed by atoms with van der Waals surface area (Å²) in [5.41, 5.74) is 1.92. The number of rotatable bonds is 4. The maximum Gasteiger partial charge on any atom is 0.307 e. The quantitative estimate of drug-likeness (QED) is 0.752. The second kappa shape index (κ2) is 6.41. The molecule has 0 aliphatic carbocycles. The molecule has 0 spiro atoms. The van der Waals surface area contributed by atoms with E-state index < -0.39 is 5.60 Å². The molecule has 2 aromatic carbocycles. The first-order valence-electron chi connectivity index (χ1n) is 8.35. The van der Waals surface area contributed by atoms with Crippen LogP contribution in [-0.4, -0.2) is 15.7 Å². The third-order valence-corrected chi connectivity index (χ3v) is 5.57. The van der Waals surface area contributed by atoms with Crippen molar-refractivity contribution in [3.8, 4) is 11.6 Å². The van der Waals surface area contributed by atoms with Gasteiger partial charge in [-0.2, -0.15) is 0 Å². The van der Waals surface area contributed by atoms with Gasteiger partial charge in [-0.3, -0.25) is 9.78 Å². The molecule has 1 atom stereocenters. The van der Waals surface area contributed by atoms with Gasteiger partial charge in [-0.25, -0.2) is 0 Å². The van der Waals surface area contributed by atoms with Gasteiger partial charge in [-0.15, -0.1) is 0 Å². The predicted molar refractivity (Wildman–Crippen MR) is 98.6 cm³/mol. The Morgan fingerprint density at radius 3 is 2.60 bits per heavy atom. The zero-order valence-electron chi connectivity index (χ0n) is 13.7. The zero-order valence-corrected chi connectivity index (χ0v) is 14.5. The van der Waals surface area contributed by atoms with E-state index in [-0.39, 0.29) is 10.8 Å². The maximum atomic E-state index is 11.6. The number of ether oxygens (including phenoxy) is 1. The lowest BCUT2D eigenvalue weighted by Crippen LogP contribution is -2.43. The van der Waals surface area contributed by atoms with Gasteiger partial charge in [0.1, 0.15) is 11.4 Å². The Labute approximate surface area is 149 Å². The number of aromatic hydroxyl groups is 1. The smallest absolute Gasteiger partial charge is 0.307 e. The first-order chi connectivity index (χ1) is 12.1. The van der Waals surface area contributed by atoms with E-state index in [4.69, 9.17) is 4.74 Å². The molecule has 0 fully saturated rings. The van der Waals surface area contributed by atoms with E-state index in [0.717, 1.165) is 36.3 Å². The molecule has 0 saturated heterocycles. The number of aryl methyl sites for hydroxylation is 1. The van der Waals surface area contributed by atoms with Crippen LogP contribution in [0.25, 0.3) is 0 Å². The van der Waals surface area contributed by atoms with Gasteiger partial charge < -0.3 is 9.84 Å². The van der Waals surface area contributed by atoms with Gasteiger partial charge in [0.05, 0.1) is 4.88 Å². The van der Waals surface area contributed by atoms with Crippen LogP contribution in [0.5, 0.6) is 11.6 Å². The maximum absolute atomic E-state index is 11.6. The first-order valence-corrected chi connectivity index (χ1v) is 9.17. The van der Waals surface area contributed by atoms with Crippen LogP contribution < -0.4 is 9.61 Å². The van der Waals surface area contributed by atoms with E-state index in [2.05, 4.69) is 23.2 Å². The first kappa shape index (κ1) is 16.0. The Bertz CT molecular complexity index is 931. The van der Waals surface area contributed by atoms with Crippen LogP contribution in [0.15, 0.2) is 59.4 Å². The Morgan fingerprint density at radius 1 is 1.08 bits per heavy atom. The highest BCUT2D eigenvalue weighted by atomic mass is 32.1. The summed E-state index contributed by atoms with van der Waals surface area (Å²) in [6.07, 6.45) is 2.99. The fourth-order valence-corrected chi connectivity index (χ4v) is 4.35. The van der Waals surface area contributed by atoms with Crippen molar-refractivity contribution in [3.63, 3.8) is 0 Å². The molecule has 4 rings (SSSR count). The average Bonchev–Trinajstić information content (AvgIpc) is 2.92. The highest BCUT2D eigenvalue weighted by molar-refractivity contribution is 7.09. The lowest BCUT2D eigenvalue weighted by Gasteiger charge is -2.39. The van der Waals surface area contributed by atoms with Crippen LogP contribution >= 0.6 is 11.3 Å². The molecule has 1 aromatic heterocycles. The van der Waals surface area contributed by atoms with Gasteiger partial charge in [-0.05, 0) is 30.0 Å². The van der Waals surface area contributed by atoms with Crippen LogP contribution in [0.1, 0.15) is 22.4 Å². The molecular weight excluding hydrogens is 334 g/mol. The highest BCUT2D eigenvalue weighted by Crippen LogP contribution is 2.38. The summed E-state index contributed by atoms with van der Waals surface area (Å²) < 4.78 is 6.47. The number of hydrogen-bond acceptors (Lipinski definition) is 4. The van der Waals surface area contributed by atoms with Crippen LogP contribution in [0, 0.1) is 0 Å². The zero-order chi connectivity index (χ0) is 17.3. The molecule has 5 heteroatoms. The molecule has 25 heavy (non-hydrogen) atoms. The number of nitrogens with one attached hydrogen (secondary N) is 1. The average molecular weight is 353 g/mol. The SMILES string of the molecule is O=c1[nH]c(O)c(CC2(Cc3ccccc3)CCc3ccccc3O2)s1. The fraction of sp³-hybridized carbons (Fsp3) is 0.250. The van der Waals surface area contributed by atoms with Crippen LogP contribution in [0.2, 0.25) is 0 Å². The van der Waals surface area contributed by atoms with Crippen molar-refractivity contribution in [2.45, 2.75) is 31.3 Å². The minimum absolute atomic E-state index is 0.0371. The molecule has 2 heterocycles. The van der Waals surface area contributed by atoms with Gasteiger partial charge in [0.15, 0.2) is 0 Å². The van der Waals surface area contributed by atoms with E-state index in [1.54, 1.807) is 0 Å². The lowest BCUT2D eigenvalue weighted by atomic mass is 9.82. The number of aromatic amines is 1. The molecule has 1 aliphatic heterocycles. The molecule has 0 bridgehead atoms. The van der Waals surface area contributed by atoms with Crippen LogP contribution in [0.4, 0.5) is 0 Å². The third-order valence-electron chi connectivity index (χ3n) is 4.70. The van der Waals surface area contributed by atoms with E-state index in [1.165, 1.54) is 11.1 Å². The number of H-pyrrole nitrogens is 1. The van der Waals surface area contributed by atoms with E-state index >= 15 is 0 Å². The summed E-state index contributed by atoms with van der Waals surface area (Å²) >= 11 is 1.06. The summed E-state index contributed by atoms with van der Waals surface area (Å²) in [5.74, 6) is 0.858. The van der Waals surface area contributed by atoms with Gasteiger partial charge in [0.2, 0.25) is 5.88 Å². The van der Waals surface area contributed by atoms with Gasteiger partial charge in [0, 0.05) is 12.8 Å². The van der Waals surface area contributed by atoms with Crippen LogP contribution in [0.3, 0.4) is 0 Å². The van der Waals surface area contributed by atoms with Crippen molar-refractivity contribution in [3.05, 3.63) is 80.3 Å². The number of hydrogen-bond donors (Lipinski definition) is 2. The van der Waals surface area contributed by atoms with E-state index in [9.17, 15) is 9.90 Å². The molecule has 0 saturated carbocycles. The molecule has 1 aliphatic rings. The molecule has 1 unspecified atom stereocenters. The highest BCUT2D eigenvalue weighted by Gasteiger charge is 2.38.